The first-order chi connectivity index (χ1) is 17.5. The number of methoxy groups -OCH3 is 1. The van der Waals surface area contributed by atoms with Crippen LogP contribution < -0.4 is 15.8 Å². The van der Waals surface area contributed by atoms with Crippen LogP contribution in [0.3, 0.4) is 0 Å². The summed E-state index contributed by atoms with van der Waals surface area (Å²) in [5.41, 5.74) is 8.86. The smallest absolute Gasteiger partial charge is 0.376 e. The summed E-state index contributed by atoms with van der Waals surface area (Å²) >= 11 is 0. The summed E-state index contributed by atoms with van der Waals surface area (Å²) in [5, 5.41) is 2.52. The van der Waals surface area contributed by atoms with Crippen molar-refractivity contribution in [2.24, 2.45) is 5.73 Å². The molecule has 0 aliphatic rings. The fourth-order valence-corrected chi connectivity index (χ4v) is 3.38. The highest BCUT2D eigenvalue weighted by atomic mass is 16.5. The number of hydrogen-bond donors (Lipinski definition) is 2. The van der Waals surface area contributed by atoms with Crippen LogP contribution in [0.15, 0.2) is 84.9 Å². The highest BCUT2D eigenvalue weighted by Gasteiger charge is 2.29. The second-order valence-corrected chi connectivity index (χ2v) is 8.15. The second kappa shape index (κ2) is 13.8. The Hall–Kier alpha value is -4.01. The average Bonchev–Trinajstić information content (AvgIpc) is 2.92. The lowest BCUT2D eigenvalue weighted by molar-refractivity contribution is -0.153. The third-order valence-electron chi connectivity index (χ3n) is 5.38. The van der Waals surface area contributed by atoms with E-state index in [2.05, 4.69) is 10.1 Å². The van der Waals surface area contributed by atoms with Gasteiger partial charge in [0.15, 0.2) is 0 Å². The van der Waals surface area contributed by atoms with E-state index in [1.54, 1.807) is 0 Å². The zero-order chi connectivity index (χ0) is 25.8. The van der Waals surface area contributed by atoms with Crippen molar-refractivity contribution in [2.45, 2.75) is 31.7 Å². The van der Waals surface area contributed by atoms with Gasteiger partial charge in [0.1, 0.15) is 18.4 Å². The summed E-state index contributed by atoms with van der Waals surface area (Å²) in [6.07, 6.45) is 0.231. The number of carbonyl (C=O) groups excluding carboxylic acids is 3. The zero-order valence-electron chi connectivity index (χ0n) is 20.1. The molecule has 188 valence electrons. The van der Waals surface area contributed by atoms with Gasteiger partial charge in [0.2, 0.25) is 5.91 Å². The molecule has 0 spiro atoms. The zero-order valence-corrected chi connectivity index (χ0v) is 20.1. The maximum atomic E-state index is 12.7. The van der Waals surface area contributed by atoms with E-state index in [1.807, 2.05) is 84.9 Å². The third-order valence-corrected chi connectivity index (χ3v) is 5.38. The van der Waals surface area contributed by atoms with Gasteiger partial charge in [-0.2, -0.15) is 0 Å². The number of ketones is 1. The lowest BCUT2D eigenvalue weighted by atomic mass is 10.0. The average molecular weight is 491 g/mol. The Morgan fingerprint density at radius 1 is 0.806 bits per heavy atom. The number of nitrogens with two attached hydrogens (primary N) is 1. The quantitative estimate of drug-likeness (QED) is 0.279. The molecule has 2 atom stereocenters. The number of benzene rings is 3. The molecule has 0 aromatic heterocycles. The minimum atomic E-state index is -1.21. The summed E-state index contributed by atoms with van der Waals surface area (Å²) < 4.78 is 15.9. The first-order valence-electron chi connectivity index (χ1n) is 11.5. The van der Waals surface area contributed by atoms with Gasteiger partial charge in [-0.25, -0.2) is 4.79 Å². The van der Waals surface area contributed by atoms with Crippen LogP contribution >= 0.6 is 0 Å². The summed E-state index contributed by atoms with van der Waals surface area (Å²) in [5.74, 6) is -1.86. The highest BCUT2D eigenvalue weighted by molar-refractivity contribution is 6.36. The van der Waals surface area contributed by atoms with Gasteiger partial charge >= 0.3 is 5.97 Å². The predicted octanol–water partition coefficient (Wildman–Crippen LogP) is 2.58. The Balaban J connectivity index is 1.53. The number of ether oxygens (including phenoxy) is 3. The molecule has 0 unspecified atom stereocenters. The minimum Gasteiger partial charge on any atom is -0.489 e. The van der Waals surface area contributed by atoms with Crippen LogP contribution in [0.1, 0.15) is 16.7 Å². The number of carbonyl (C=O) groups is 3. The van der Waals surface area contributed by atoms with Crippen molar-refractivity contribution in [1.82, 2.24) is 5.32 Å². The van der Waals surface area contributed by atoms with Crippen molar-refractivity contribution >= 4 is 17.7 Å². The van der Waals surface area contributed by atoms with E-state index in [-0.39, 0.29) is 19.6 Å². The van der Waals surface area contributed by atoms with Gasteiger partial charge in [-0.05, 0) is 35.2 Å². The van der Waals surface area contributed by atoms with E-state index >= 15 is 0 Å². The van der Waals surface area contributed by atoms with E-state index < -0.39 is 29.7 Å². The van der Waals surface area contributed by atoms with Crippen LogP contribution in [0.2, 0.25) is 0 Å². The molecule has 8 nitrogen and oxygen atoms in total. The molecule has 0 bridgehead atoms. The van der Waals surface area contributed by atoms with Crippen molar-refractivity contribution in [2.75, 3.05) is 13.7 Å². The fourth-order valence-electron chi connectivity index (χ4n) is 3.38. The Labute approximate surface area is 210 Å². The fraction of sp³-hybridized carbons (Fsp3) is 0.250. The summed E-state index contributed by atoms with van der Waals surface area (Å²) in [6.45, 7) is 0.463. The largest absolute Gasteiger partial charge is 0.489 e. The van der Waals surface area contributed by atoms with E-state index in [0.29, 0.717) is 12.4 Å². The minimum absolute atomic E-state index is 0.200. The molecule has 0 heterocycles. The lowest BCUT2D eigenvalue weighted by Crippen LogP contribution is -2.52. The van der Waals surface area contributed by atoms with Gasteiger partial charge in [0.05, 0.1) is 26.4 Å². The molecule has 0 saturated carbocycles. The molecule has 1 amide bonds. The van der Waals surface area contributed by atoms with Crippen LogP contribution in [0.4, 0.5) is 0 Å². The van der Waals surface area contributed by atoms with Crippen molar-refractivity contribution in [3.8, 4) is 5.75 Å². The predicted molar refractivity (Wildman–Crippen MR) is 134 cm³/mol. The number of hydrogen-bond acceptors (Lipinski definition) is 7. The molecule has 3 aromatic carbocycles. The van der Waals surface area contributed by atoms with Crippen LogP contribution in [-0.2, 0) is 43.5 Å². The van der Waals surface area contributed by atoms with E-state index in [9.17, 15) is 14.4 Å². The Morgan fingerprint density at radius 2 is 1.39 bits per heavy atom. The number of Topliss-reactive ketones (excluding diaryl/α,β-unsaturated/α-hetero) is 1. The molecule has 0 aliphatic carbocycles. The van der Waals surface area contributed by atoms with Crippen LogP contribution in [0.25, 0.3) is 0 Å². The molecular formula is C28H30N2O6. The molecule has 3 rings (SSSR count). The van der Waals surface area contributed by atoms with Crippen molar-refractivity contribution < 1.29 is 28.6 Å². The van der Waals surface area contributed by atoms with E-state index in [4.69, 9.17) is 15.2 Å². The van der Waals surface area contributed by atoms with Gasteiger partial charge in [-0.1, -0.05) is 72.8 Å². The van der Waals surface area contributed by atoms with Gasteiger partial charge in [0.25, 0.3) is 5.78 Å². The normalized spacial score (nSPS) is 12.3. The molecular weight excluding hydrogens is 460 g/mol. The third kappa shape index (κ3) is 8.33. The van der Waals surface area contributed by atoms with Gasteiger partial charge in [-0.3, -0.25) is 9.59 Å². The highest BCUT2D eigenvalue weighted by Crippen LogP contribution is 2.15. The monoisotopic (exact) mass is 490 g/mol. The SMILES string of the molecule is COC(=O)C(=O)[C@H](COCc1ccccc1)NC(=O)[C@@H](N)Cc1ccc(OCc2ccccc2)cc1. The molecule has 36 heavy (non-hydrogen) atoms. The Kier molecular flexibility index (Phi) is 10.2. The number of nitrogens with one attached hydrogen (secondary N) is 1. The Morgan fingerprint density at radius 3 is 1.97 bits per heavy atom. The molecule has 8 heteroatoms. The second-order valence-electron chi connectivity index (χ2n) is 8.15. The molecule has 3 aromatic rings. The summed E-state index contributed by atoms with van der Waals surface area (Å²) in [4.78, 5) is 36.9. The topological polar surface area (TPSA) is 117 Å². The first kappa shape index (κ1) is 26.6. The van der Waals surface area contributed by atoms with Gasteiger partial charge in [0, 0.05) is 0 Å². The molecule has 0 aliphatic heterocycles. The molecule has 0 fully saturated rings. The molecule has 3 N–H and O–H groups in total. The van der Waals surface area contributed by atoms with Crippen molar-refractivity contribution in [3.05, 3.63) is 102 Å². The molecule has 0 radical (unpaired) electrons. The maximum Gasteiger partial charge on any atom is 0.376 e. The lowest BCUT2D eigenvalue weighted by Gasteiger charge is -2.19. The molecule has 0 saturated heterocycles. The Bertz CT molecular complexity index is 1120. The van der Waals surface area contributed by atoms with Crippen LogP contribution in [0, 0.1) is 0 Å². The first-order valence-corrected chi connectivity index (χ1v) is 11.5. The maximum absolute atomic E-state index is 12.7. The van der Waals surface area contributed by atoms with Gasteiger partial charge < -0.3 is 25.3 Å². The van der Waals surface area contributed by atoms with E-state index in [1.165, 1.54) is 0 Å². The number of esters is 1. The summed E-state index contributed by atoms with van der Waals surface area (Å²) in [6, 6.07) is 24.3. The van der Waals surface area contributed by atoms with Crippen molar-refractivity contribution in [3.63, 3.8) is 0 Å². The number of rotatable bonds is 13. The number of amides is 1. The van der Waals surface area contributed by atoms with Crippen LogP contribution in [-0.4, -0.2) is 43.5 Å². The van der Waals surface area contributed by atoms with Crippen LogP contribution in [0.5, 0.6) is 5.75 Å². The van der Waals surface area contributed by atoms with Gasteiger partial charge in [-0.15, -0.1) is 0 Å². The summed E-state index contributed by atoms with van der Waals surface area (Å²) in [7, 11) is 1.10. The standard InChI is InChI=1S/C28H30N2O6/c1-34-28(33)26(31)25(19-35-17-21-8-4-2-5-9-21)30-27(32)24(29)16-20-12-14-23(15-13-20)36-18-22-10-6-3-7-11-22/h2-15,24-25H,16-19,29H2,1H3,(H,30,32)/t24-,25-/m0/s1. The van der Waals surface area contributed by atoms with E-state index in [0.717, 1.165) is 23.8 Å². The van der Waals surface area contributed by atoms with Crippen molar-refractivity contribution in [1.29, 1.82) is 0 Å².